The van der Waals surface area contributed by atoms with Gasteiger partial charge >= 0.3 is 0 Å². The average Bonchev–Trinajstić information content (AvgIpc) is 2.25. The maximum Gasteiger partial charge on any atom is 0.123 e. The molecule has 76 valence electrons. The first-order chi connectivity index (χ1) is 7.20. The van der Waals surface area contributed by atoms with Crippen molar-refractivity contribution in [1.29, 1.82) is 5.26 Å². The van der Waals surface area contributed by atoms with Gasteiger partial charge in [-0.05, 0) is 6.07 Å². The minimum atomic E-state index is -0.535. The summed E-state index contributed by atoms with van der Waals surface area (Å²) in [7, 11) is 0. The molecule has 1 aromatic carbocycles. The number of nitriles is 1. The summed E-state index contributed by atoms with van der Waals surface area (Å²) < 4.78 is 0. The number of halogens is 2. The summed E-state index contributed by atoms with van der Waals surface area (Å²) in [6, 6.07) is 6.69. The molecule has 0 aliphatic rings. The molecule has 1 rings (SSSR count). The van der Waals surface area contributed by atoms with Crippen LogP contribution >= 0.6 is 23.2 Å². The van der Waals surface area contributed by atoms with E-state index in [-0.39, 0.29) is 0 Å². The molecule has 0 aromatic heterocycles. The van der Waals surface area contributed by atoms with E-state index in [0.29, 0.717) is 22.2 Å². The number of benzene rings is 1. The predicted octanol–water partition coefficient (Wildman–Crippen LogP) is 2.78. The number of hydrogen-bond donors (Lipinski definition) is 1. The van der Waals surface area contributed by atoms with E-state index in [4.69, 9.17) is 34.9 Å². The highest BCUT2D eigenvalue weighted by atomic mass is 35.5. The van der Waals surface area contributed by atoms with Gasteiger partial charge in [-0.3, -0.25) is 5.32 Å². The lowest BCUT2D eigenvalue weighted by Crippen LogP contribution is -2.20. The number of rotatable bonds is 3. The first-order valence-corrected chi connectivity index (χ1v) is 4.96. The highest BCUT2D eigenvalue weighted by Gasteiger charge is 2.14. The molecular weight excluding hydrogens is 231 g/mol. The second-order valence-corrected chi connectivity index (χ2v) is 3.58. The third-order valence-corrected chi connectivity index (χ3v) is 2.66. The van der Waals surface area contributed by atoms with Crippen LogP contribution in [0.5, 0.6) is 0 Å². The number of nitrogens with zero attached hydrogens (tertiary/aromatic N) is 1. The van der Waals surface area contributed by atoms with Gasteiger partial charge in [0, 0.05) is 5.56 Å². The molecule has 0 bridgehead atoms. The zero-order valence-corrected chi connectivity index (χ0v) is 9.31. The molecule has 0 amide bonds. The van der Waals surface area contributed by atoms with E-state index in [1.165, 1.54) is 0 Å². The summed E-state index contributed by atoms with van der Waals surface area (Å²) in [6.07, 6.45) is 5.10. The van der Waals surface area contributed by atoms with Crippen molar-refractivity contribution in [3.63, 3.8) is 0 Å². The highest BCUT2D eigenvalue weighted by Crippen LogP contribution is 2.29. The molecule has 15 heavy (non-hydrogen) atoms. The summed E-state index contributed by atoms with van der Waals surface area (Å²) in [5.41, 5.74) is 0.641. The van der Waals surface area contributed by atoms with E-state index < -0.39 is 6.04 Å². The van der Waals surface area contributed by atoms with E-state index in [9.17, 15) is 0 Å². The summed E-state index contributed by atoms with van der Waals surface area (Å²) in [5.74, 6) is 2.40. The Balaban J connectivity index is 2.99. The minimum absolute atomic E-state index is 0.307. The smallest absolute Gasteiger partial charge is 0.123 e. The van der Waals surface area contributed by atoms with Crippen molar-refractivity contribution in [2.75, 3.05) is 6.54 Å². The predicted molar refractivity (Wildman–Crippen MR) is 61.7 cm³/mol. The van der Waals surface area contributed by atoms with Gasteiger partial charge in [-0.1, -0.05) is 41.3 Å². The fourth-order valence-corrected chi connectivity index (χ4v) is 1.55. The number of hydrogen-bond acceptors (Lipinski definition) is 2. The van der Waals surface area contributed by atoms with Crippen molar-refractivity contribution in [1.82, 2.24) is 5.32 Å². The molecule has 1 atom stereocenters. The molecule has 0 aliphatic carbocycles. The van der Waals surface area contributed by atoms with Crippen molar-refractivity contribution in [2.45, 2.75) is 6.04 Å². The van der Waals surface area contributed by atoms with E-state index in [1.807, 2.05) is 0 Å². The molecule has 0 radical (unpaired) electrons. The molecule has 0 saturated carbocycles. The molecule has 1 aromatic rings. The molecule has 0 heterocycles. The molecule has 2 nitrogen and oxygen atoms in total. The Morgan fingerprint density at radius 2 is 2.20 bits per heavy atom. The van der Waals surface area contributed by atoms with E-state index in [0.717, 1.165) is 0 Å². The lowest BCUT2D eigenvalue weighted by Gasteiger charge is -2.11. The Morgan fingerprint density at radius 1 is 1.47 bits per heavy atom. The lowest BCUT2D eigenvalue weighted by atomic mass is 10.1. The molecule has 4 heteroatoms. The van der Waals surface area contributed by atoms with Crippen LogP contribution in [-0.2, 0) is 0 Å². The molecule has 0 fully saturated rings. The SMILES string of the molecule is C#CCNC(C#N)c1cccc(Cl)c1Cl. The second kappa shape index (κ2) is 5.63. The molecule has 0 spiro atoms. The van der Waals surface area contributed by atoms with E-state index in [2.05, 4.69) is 17.3 Å². The fraction of sp³-hybridized carbons (Fsp3) is 0.182. The van der Waals surface area contributed by atoms with Gasteiger partial charge in [0.15, 0.2) is 0 Å². The van der Waals surface area contributed by atoms with Crippen molar-refractivity contribution >= 4 is 23.2 Å². The van der Waals surface area contributed by atoms with Crippen LogP contribution in [0.3, 0.4) is 0 Å². The Bertz CT molecular complexity index is 429. The van der Waals surface area contributed by atoms with Gasteiger partial charge in [-0.25, -0.2) is 0 Å². The molecular formula is C11H8Cl2N2. The third-order valence-electron chi connectivity index (χ3n) is 1.83. The van der Waals surface area contributed by atoms with Crippen LogP contribution < -0.4 is 5.32 Å². The summed E-state index contributed by atoms with van der Waals surface area (Å²) in [6.45, 7) is 0.307. The van der Waals surface area contributed by atoms with Crippen molar-refractivity contribution in [3.05, 3.63) is 33.8 Å². The topological polar surface area (TPSA) is 35.8 Å². The fourth-order valence-electron chi connectivity index (χ4n) is 1.13. The standard InChI is InChI=1S/C11H8Cl2N2/c1-2-6-15-10(7-14)8-4-3-5-9(12)11(8)13/h1,3-5,10,15H,6H2. The highest BCUT2D eigenvalue weighted by molar-refractivity contribution is 6.42. The summed E-state index contributed by atoms with van der Waals surface area (Å²) in [4.78, 5) is 0. The van der Waals surface area contributed by atoms with Crippen LogP contribution in [0.2, 0.25) is 10.0 Å². The minimum Gasteiger partial charge on any atom is -0.287 e. The maximum absolute atomic E-state index is 8.94. The van der Waals surface area contributed by atoms with Crippen LogP contribution in [-0.4, -0.2) is 6.54 Å². The van der Waals surface area contributed by atoms with Crippen LogP contribution in [0, 0.1) is 23.7 Å². The maximum atomic E-state index is 8.94. The molecule has 0 aliphatic heterocycles. The van der Waals surface area contributed by atoms with Crippen LogP contribution in [0.25, 0.3) is 0 Å². The van der Waals surface area contributed by atoms with Gasteiger partial charge in [0.2, 0.25) is 0 Å². The van der Waals surface area contributed by atoms with Gasteiger partial charge in [0.05, 0.1) is 22.7 Å². The Hall–Kier alpha value is -1.19. The number of terminal acetylenes is 1. The lowest BCUT2D eigenvalue weighted by molar-refractivity contribution is 0.691. The van der Waals surface area contributed by atoms with E-state index >= 15 is 0 Å². The van der Waals surface area contributed by atoms with Crippen LogP contribution in [0.1, 0.15) is 11.6 Å². The van der Waals surface area contributed by atoms with E-state index in [1.54, 1.807) is 18.2 Å². The normalized spacial score (nSPS) is 11.5. The van der Waals surface area contributed by atoms with Gasteiger partial charge in [0.25, 0.3) is 0 Å². The zero-order valence-electron chi connectivity index (χ0n) is 7.80. The zero-order chi connectivity index (χ0) is 11.3. The molecule has 1 unspecified atom stereocenters. The largest absolute Gasteiger partial charge is 0.287 e. The average molecular weight is 239 g/mol. The summed E-state index contributed by atoms with van der Waals surface area (Å²) >= 11 is 11.8. The molecule has 1 N–H and O–H groups in total. The van der Waals surface area contributed by atoms with Crippen molar-refractivity contribution in [3.8, 4) is 18.4 Å². The molecule has 0 saturated heterocycles. The first-order valence-electron chi connectivity index (χ1n) is 4.21. The second-order valence-electron chi connectivity index (χ2n) is 2.79. The summed E-state index contributed by atoms with van der Waals surface area (Å²) in [5, 5.41) is 12.6. The van der Waals surface area contributed by atoms with Crippen molar-refractivity contribution in [2.24, 2.45) is 0 Å². The van der Waals surface area contributed by atoms with Gasteiger partial charge in [0.1, 0.15) is 6.04 Å². The monoisotopic (exact) mass is 238 g/mol. The van der Waals surface area contributed by atoms with Crippen LogP contribution in [0.4, 0.5) is 0 Å². The van der Waals surface area contributed by atoms with Gasteiger partial charge < -0.3 is 0 Å². The van der Waals surface area contributed by atoms with Crippen molar-refractivity contribution < 1.29 is 0 Å². The van der Waals surface area contributed by atoms with Gasteiger partial charge in [-0.15, -0.1) is 6.42 Å². The first kappa shape index (κ1) is 11.9. The Morgan fingerprint density at radius 3 is 2.80 bits per heavy atom. The third kappa shape index (κ3) is 2.88. The van der Waals surface area contributed by atoms with Gasteiger partial charge in [-0.2, -0.15) is 5.26 Å². The quantitative estimate of drug-likeness (QED) is 0.823. The van der Waals surface area contributed by atoms with Crippen LogP contribution in [0.15, 0.2) is 18.2 Å². The Labute approximate surface area is 98.8 Å². The Kier molecular flexibility index (Phi) is 4.46. The number of nitrogens with one attached hydrogen (secondary N) is 1.